The first-order chi connectivity index (χ1) is 9.24. The number of benzene rings is 1. The predicted molar refractivity (Wildman–Crippen MR) is 85.0 cm³/mol. The highest BCUT2D eigenvalue weighted by Gasteiger charge is 2.42. The van der Waals surface area contributed by atoms with Gasteiger partial charge in [0.25, 0.3) is 0 Å². The van der Waals surface area contributed by atoms with Gasteiger partial charge < -0.3 is 10.6 Å². The number of carbonyl (C=O) groups excluding carboxylic acids is 1. The van der Waals surface area contributed by atoms with Crippen LogP contribution in [0.4, 0.5) is 5.69 Å². The van der Waals surface area contributed by atoms with Crippen molar-refractivity contribution in [1.29, 1.82) is 0 Å². The van der Waals surface area contributed by atoms with Crippen LogP contribution in [0.3, 0.4) is 0 Å². The third-order valence-electron chi connectivity index (χ3n) is 3.90. The van der Waals surface area contributed by atoms with E-state index in [0.29, 0.717) is 12.6 Å². The molecule has 0 aliphatic heterocycles. The maximum atomic E-state index is 12.0. The first-order valence-corrected chi connectivity index (χ1v) is 8.09. The lowest BCUT2D eigenvalue weighted by molar-refractivity contribution is -0.120. The van der Waals surface area contributed by atoms with Crippen LogP contribution in [0.2, 0.25) is 0 Å². The number of nitrogens with one attached hydrogen (secondary N) is 2. The van der Waals surface area contributed by atoms with Crippen LogP contribution in [-0.4, -0.2) is 18.5 Å². The van der Waals surface area contributed by atoms with Crippen molar-refractivity contribution in [2.75, 3.05) is 11.9 Å². The summed E-state index contributed by atoms with van der Waals surface area (Å²) in [6, 6.07) is 8.49. The smallest absolute Gasteiger partial charge is 0.239 e. The molecule has 0 aromatic heterocycles. The third kappa shape index (κ3) is 3.61. The minimum atomic E-state index is 0.128. The van der Waals surface area contributed by atoms with Crippen molar-refractivity contribution >= 4 is 34.2 Å². The lowest BCUT2D eigenvalue weighted by Gasteiger charge is -2.18. The van der Waals surface area contributed by atoms with E-state index in [0.717, 1.165) is 21.1 Å². The summed E-state index contributed by atoms with van der Waals surface area (Å²) in [5, 5.41) is 6.44. The Labute approximate surface area is 127 Å². The van der Waals surface area contributed by atoms with Crippen molar-refractivity contribution in [1.82, 2.24) is 5.32 Å². The van der Waals surface area contributed by atoms with Gasteiger partial charge in [-0.2, -0.15) is 0 Å². The van der Waals surface area contributed by atoms with Crippen LogP contribution >= 0.6 is 22.6 Å². The summed E-state index contributed by atoms with van der Waals surface area (Å²) >= 11 is 2.28. The molecule has 19 heavy (non-hydrogen) atoms. The Balaban J connectivity index is 1.49. The largest absolute Gasteiger partial charge is 0.375 e. The third-order valence-corrected chi connectivity index (χ3v) is 4.84. The van der Waals surface area contributed by atoms with E-state index in [4.69, 9.17) is 0 Å². The number of para-hydroxylation sites is 1. The summed E-state index contributed by atoms with van der Waals surface area (Å²) in [6.07, 6.45) is 5.19. The van der Waals surface area contributed by atoms with Crippen LogP contribution in [0.5, 0.6) is 0 Å². The Bertz CT molecular complexity index is 457. The number of rotatable bonds is 6. The van der Waals surface area contributed by atoms with E-state index in [1.807, 2.05) is 24.3 Å². The fraction of sp³-hybridized carbons (Fsp3) is 0.533. The molecule has 0 saturated heterocycles. The Hall–Kier alpha value is -0.780. The molecule has 0 atom stereocenters. The van der Waals surface area contributed by atoms with Crippen LogP contribution < -0.4 is 10.6 Å². The van der Waals surface area contributed by atoms with Gasteiger partial charge in [-0.05, 0) is 72.2 Å². The molecular weight excluding hydrogens is 351 g/mol. The SMILES string of the molecule is O=C(CNc1ccccc1I)NC(C1CC1)C1CC1. The molecule has 2 fully saturated rings. The van der Waals surface area contributed by atoms with Crippen molar-refractivity contribution in [3.8, 4) is 0 Å². The second-order valence-corrected chi connectivity index (χ2v) is 6.76. The second-order valence-electron chi connectivity index (χ2n) is 5.60. The molecule has 1 aromatic carbocycles. The first kappa shape index (κ1) is 13.2. The molecule has 0 radical (unpaired) electrons. The minimum Gasteiger partial charge on any atom is -0.375 e. The molecule has 3 nitrogen and oxygen atoms in total. The number of amides is 1. The molecule has 0 unspecified atom stereocenters. The van der Waals surface area contributed by atoms with E-state index in [-0.39, 0.29) is 5.91 Å². The average Bonchev–Trinajstić information content (AvgIpc) is 3.28. The van der Waals surface area contributed by atoms with Crippen molar-refractivity contribution in [2.45, 2.75) is 31.7 Å². The number of carbonyl (C=O) groups is 1. The molecule has 0 spiro atoms. The highest BCUT2D eigenvalue weighted by molar-refractivity contribution is 14.1. The standard InChI is InChI=1S/C15H19IN2O/c16-12-3-1-2-4-13(12)17-9-14(19)18-15(10-5-6-10)11-7-8-11/h1-4,10-11,15,17H,5-9H2,(H,18,19). The molecular formula is C15H19IN2O. The Morgan fingerprint density at radius 3 is 2.42 bits per heavy atom. The van der Waals surface area contributed by atoms with E-state index in [1.165, 1.54) is 25.7 Å². The average molecular weight is 370 g/mol. The van der Waals surface area contributed by atoms with Crippen LogP contribution in [-0.2, 0) is 4.79 Å². The maximum Gasteiger partial charge on any atom is 0.239 e. The van der Waals surface area contributed by atoms with E-state index < -0.39 is 0 Å². The van der Waals surface area contributed by atoms with Crippen molar-refractivity contribution in [3.05, 3.63) is 27.8 Å². The van der Waals surface area contributed by atoms with E-state index >= 15 is 0 Å². The molecule has 3 rings (SSSR count). The summed E-state index contributed by atoms with van der Waals surface area (Å²) in [6.45, 7) is 0.371. The minimum absolute atomic E-state index is 0.128. The number of anilines is 1. The first-order valence-electron chi connectivity index (χ1n) is 7.02. The number of halogens is 1. The topological polar surface area (TPSA) is 41.1 Å². The summed E-state index contributed by atoms with van der Waals surface area (Å²) < 4.78 is 1.15. The molecule has 2 saturated carbocycles. The summed E-state index contributed by atoms with van der Waals surface area (Å²) in [4.78, 5) is 12.0. The molecule has 4 heteroatoms. The van der Waals surface area contributed by atoms with Crippen LogP contribution in [0.1, 0.15) is 25.7 Å². The zero-order valence-electron chi connectivity index (χ0n) is 10.9. The lowest BCUT2D eigenvalue weighted by atomic mass is 10.1. The zero-order valence-corrected chi connectivity index (χ0v) is 13.0. The van der Waals surface area contributed by atoms with Gasteiger partial charge in [-0.25, -0.2) is 0 Å². The van der Waals surface area contributed by atoms with Gasteiger partial charge >= 0.3 is 0 Å². The molecule has 1 amide bonds. The van der Waals surface area contributed by atoms with Gasteiger partial charge in [-0.15, -0.1) is 0 Å². The van der Waals surface area contributed by atoms with Crippen LogP contribution in [0, 0.1) is 15.4 Å². The van der Waals surface area contributed by atoms with Gasteiger partial charge in [0.1, 0.15) is 0 Å². The quantitative estimate of drug-likeness (QED) is 0.756. The van der Waals surface area contributed by atoms with Gasteiger partial charge in [-0.3, -0.25) is 4.79 Å². The van der Waals surface area contributed by atoms with Crippen LogP contribution in [0.25, 0.3) is 0 Å². The van der Waals surface area contributed by atoms with Gasteiger partial charge in [0, 0.05) is 15.3 Å². The van der Waals surface area contributed by atoms with Gasteiger partial charge in [0.2, 0.25) is 5.91 Å². The highest BCUT2D eigenvalue weighted by atomic mass is 127. The van der Waals surface area contributed by atoms with Gasteiger partial charge in [0.05, 0.1) is 6.54 Å². The fourth-order valence-corrected chi connectivity index (χ4v) is 3.13. The summed E-state index contributed by atoms with van der Waals surface area (Å²) in [7, 11) is 0. The molecule has 0 bridgehead atoms. The van der Waals surface area contributed by atoms with Crippen molar-refractivity contribution in [2.24, 2.45) is 11.8 Å². The molecule has 2 N–H and O–H groups in total. The van der Waals surface area contributed by atoms with Crippen molar-refractivity contribution < 1.29 is 4.79 Å². The Kier molecular flexibility index (Phi) is 3.96. The molecule has 1 aromatic rings. The van der Waals surface area contributed by atoms with Gasteiger partial charge in [-0.1, -0.05) is 12.1 Å². The monoisotopic (exact) mass is 370 g/mol. The molecule has 0 heterocycles. The maximum absolute atomic E-state index is 12.0. The fourth-order valence-electron chi connectivity index (χ4n) is 2.55. The summed E-state index contributed by atoms with van der Waals surface area (Å²) in [5.74, 6) is 1.64. The molecule has 2 aliphatic carbocycles. The molecule has 102 valence electrons. The number of hydrogen-bond acceptors (Lipinski definition) is 2. The Morgan fingerprint density at radius 1 is 1.21 bits per heavy atom. The van der Waals surface area contributed by atoms with E-state index in [9.17, 15) is 4.79 Å². The van der Waals surface area contributed by atoms with Gasteiger partial charge in [0.15, 0.2) is 0 Å². The highest BCUT2D eigenvalue weighted by Crippen LogP contribution is 2.44. The zero-order chi connectivity index (χ0) is 13.2. The van der Waals surface area contributed by atoms with Crippen LogP contribution in [0.15, 0.2) is 24.3 Å². The lowest BCUT2D eigenvalue weighted by Crippen LogP contribution is -2.41. The normalized spacial score (nSPS) is 18.4. The summed E-state index contributed by atoms with van der Waals surface area (Å²) in [5.41, 5.74) is 1.03. The Morgan fingerprint density at radius 2 is 1.84 bits per heavy atom. The second kappa shape index (κ2) is 5.69. The predicted octanol–water partition coefficient (Wildman–Crippen LogP) is 3.01. The van der Waals surface area contributed by atoms with E-state index in [1.54, 1.807) is 0 Å². The van der Waals surface area contributed by atoms with E-state index in [2.05, 4.69) is 33.2 Å². The molecule has 2 aliphatic rings. The number of hydrogen-bond donors (Lipinski definition) is 2. The van der Waals surface area contributed by atoms with Crippen molar-refractivity contribution in [3.63, 3.8) is 0 Å².